The molecule has 1 aromatic carbocycles. The van der Waals surface area contributed by atoms with Gasteiger partial charge in [0.25, 0.3) is 0 Å². The summed E-state index contributed by atoms with van der Waals surface area (Å²) in [5.41, 5.74) is 3.00. The molecule has 2 atom stereocenters. The molecule has 0 radical (unpaired) electrons. The summed E-state index contributed by atoms with van der Waals surface area (Å²) in [5.74, 6) is 0.894. The highest BCUT2D eigenvalue weighted by molar-refractivity contribution is 8.00. The van der Waals surface area contributed by atoms with E-state index in [4.69, 9.17) is 0 Å². The average molecular weight is 330 g/mol. The van der Waals surface area contributed by atoms with Crippen LogP contribution in [0, 0.1) is 0 Å². The van der Waals surface area contributed by atoms with E-state index in [2.05, 4.69) is 34.9 Å². The lowest BCUT2D eigenvalue weighted by atomic mass is 10.1. The van der Waals surface area contributed by atoms with Gasteiger partial charge in [0.2, 0.25) is 5.91 Å². The van der Waals surface area contributed by atoms with E-state index in [1.54, 1.807) is 11.8 Å². The molecule has 2 fully saturated rings. The van der Waals surface area contributed by atoms with Crippen molar-refractivity contribution in [1.82, 2.24) is 9.80 Å². The smallest absolute Gasteiger partial charge is 0.233 e. The molecule has 2 heterocycles. The number of piperazine rings is 1. The molecular formula is C19H26N2OS. The van der Waals surface area contributed by atoms with Crippen LogP contribution in [0.15, 0.2) is 23.1 Å². The average Bonchev–Trinajstić information content (AvgIpc) is 3.19. The SMILES string of the molecule is CC1CN2CCCC2CN1C(=O)CSc1ccc2c(c1)CCC2. The van der Waals surface area contributed by atoms with Crippen molar-refractivity contribution in [3.63, 3.8) is 0 Å². The van der Waals surface area contributed by atoms with Crippen LogP contribution in [0.4, 0.5) is 0 Å². The summed E-state index contributed by atoms with van der Waals surface area (Å²) in [5, 5.41) is 0. The van der Waals surface area contributed by atoms with E-state index in [1.165, 1.54) is 54.7 Å². The van der Waals surface area contributed by atoms with E-state index < -0.39 is 0 Å². The lowest BCUT2D eigenvalue weighted by molar-refractivity contribution is -0.133. The standard InChI is InChI=1S/C19H26N2OS/c1-14-11-20-9-3-6-17(20)12-21(14)19(22)13-23-18-8-7-15-4-2-5-16(15)10-18/h7-8,10,14,17H,2-6,9,11-13H2,1H3. The Kier molecular flexibility index (Phi) is 4.37. The molecule has 0 aromatic heterocycles. The zero-order chi connectivity index (χ0) is 15.8. The molecule has 4 rings (SSSR count). The minimum atomic E-state index is 0.314. The molecule has 23 heavy (non-hydrogen) atoms. The Labute approximate surface area is 143 Å². The van der Waals surface area contributed by atoms with Gasteiger partial charge >= 0.3 is 0 Å². The Morgan fingerprint density at radius 2 is 2.09 bits per heavy atom. The first-order chi connectivity index (χ1) is 11.2. The van der Waals surface area contributed by atoms with E-state index in [-0.39, 0.29) is 0 Å². The van der Waals surface area contributed by atoms with E-state index in [0.717, 1.165) is 13.1 Å². The highest BCUT2D eigenvalue weighted by atomic mass is 32.2. The van der Waals surface area contributed by atoms with E-state index >= 15 is 0 Å². The number of amides is 1. The molecule has 1 aromatic rings. The predicted octanol–water partition coefficient (Wildman–Crippen LogP) is 2.96. The fourth-order valence-electron chi connectivity index (χ4n) is 4.40. The van der Waals surface area contributed by atoms with Crippen molar-refractivity contribution in [2.45, 2.75) is 56.0 Å². The first kappa shape index (κ1) is 15.5. The van der Waals surface area contributed by atoms with Crippen LogP contribution in [-0.2, 0) is 17.6 Å². The summed E-state index contributed by atoms with van der Waals surface area (Å²) < 4.78 is 0. The number of nitrogens with zero attached hydrogens (tertiary/aromatic N) is 2. The number of hydrogen-bond acceptors (Lipinski definition) is 3. The fraction of sp³-hybridized carbons (Fsp3) is 0.632. The van der Waals surface area contributed by atoms with Gasteiger partial charge in [0.15, 0.2) is 0 Å². The quantitative estimate of drug-likeness (QED) is 0.796. The topological polar surface area (TPSA) is 23.6 Å². The third-order valence-electron chi connectivity index (χ3n) is 5.69. The molecule has 0 N–H and O–H groups in total. The predicted molar refractivity (Wildman–Crippen MR) is 95.0 cm³/mol. The molecule has 3 aliphatic rings. The zero-order valence-corrected chi connectivity index (χ0v) is 14.8. The van der Waals surface area contributed by atoms with Crippen LogP contribution < -0.4 is 0 Å². The van der Waals surface area contributed by atoms with Gasteiger partial charge < -0.3 is 4.90 Å². The molecule has 4 heteroatoms. The maximum Gasteiger partial charge on any atom is 0.233 e. The van der Waals surface area contributed by atoms with Crippen molar-refractivity contribution in [3.05, 3.63) is 29.3 Å². The number of fused-ring (bicyclic) bond motifs is 2. The third kappa shape index (κ3) is 3.16. The molecule has 2 unspecified atom stereocenters. The number of hydrogen-bond donors (Lipinski definition) is 0. The minimum absolute atomic E-state index is 0.314. The van der Waals surface area contributed by atoms with E-state index in [0.29, 0.717) is 23.7 Å². The molecule has 1 amide bonds. The molecule has 1 aliphatic carbocycles. The monoisotopic (exact) mass is 330 g/mol. The highest BCUT2D eigenvalue weighted by Gasteiger charge is 2.36. The Morgan fingerprint density at radius 1 is 1.22 bits per heavy atom. The maximum atomic E-state index is 12.7. The van der Waals surface area contributed by atoms with Crippen molar-refractivity contribution in [3.8, 4) is 0 Å². The molecule has 0 bridgehead atoms. The lowest BCUT2D eigenvalue weighted by Gasteiger charge is -2.42. The molecular weight excluding hydrogens is 304 g/mol. The number of carbonyl (C=O) groups is 1. The maximum absolute atomic E-state index is 12.7. The molecule has 2 aliphatic heterocycles. The summed E-state index contributed by atoms with van der Waals surface area (Å²) in [6, 6.07) is 7.73. The normalized spacial score (nSPS) is 27.1. The van der Waals surface area contributed by atoms with Gasteiger partial charge in [0.05, 0.1) is 5.75 Å². The molecule has 0 spiro atoms. The van der Waals surface area contributed by atoms with E-state index in [9.17, 15) is 4.79 Å². The molecule has 2 saturated heterocycles. The Balaban J connectivity index is 1.36. The van der Waals surface area contributed by atoms with E-state index in [1.807, 2.05) is 0 Å². The Hall–Kier alpha value is -1.00. The first-order valence-electron chi connectivity index (χ1n) is 8.99. The number of aryl methyl sites for hydroxylation is 2. The van der Waals surface area contributed by atoms with Crippen LogP contribution in [0.2, 0.25) is 0 Å². The number of rotatable bonds is 3. The van der Waals surface area contributed by atoms with Crippen molar-refractivity contribution in [2.75, 3.05) is 25.4 Å². The third-order valence-corrected chi connectivity index (χ3v) is 6.67. The summed E-state index contributed by atoms with van der Waals surface area (Å²) in [4.78, 5) is 18.6. The van der Waals surface area contributed by atoms with Crippen LogP contribution in [0.25, 0.3) is 0 Å². The van der Waals surface area contributed by atoms with Gasteiger partial charge in [-0.2, -0.15) is 0 Å². The summed E-state index contributed by atoms with van der Waals surface area (Å²) in [6.45, 7) is 5.41. The number of carbonyl (C=O) groups excluding carboxylic acids is 1. The van der Waals surface area contributed by atoms with Gasteiger partial charge in [-0.15, -0.1) is 11.8 Å². The van der Waals surface area contributed by atoms with Crippen molar-refractivity contribution < 1.29 is 4.79 Å². The first-order valence-corrected chi connectivity index (χ1v) is 9.97. The second-order valence-electron chi connectivity index (χ2n) is 7.26. The minimum Gasteiger partial charge on any atom is -0.336 e. The summed E-state index contributed by atoms with van der Waals surface area (Å²) in [6.07, 6.45) is 6.27. The van der Waals surface area contributed by atoms with Crippen molar-refractivity contribution >= 4 is 17.7 Å². The van der Waals surface area contributed by atoms with Crippen LogP contribution >= 0.6 is 11.8 Å². The van der Waals surface area contributed by atoms with Crippen molar-refractivity contribution in [1.29, 1.82) is 0 Å². The number of thioether (sulfide) groups is 1. The van der Waals surface area contributed by atoms with Crippen LogP contribution in [0.3, 0.4) is 0 Å². The second-order valence-corrected chi connectivity index (χ2v) is 8.31. The van der Waals surface area contributed by atoms with Crippen LogP contribution in [-0.4, -0.2) is 53.2 Å². The molecule has 124 valence electrons. The van der Waals surface area contributed by atoms with Gasteiger partial charge in [-0.3, -0.25) is 9.69 Å². The number of benzene rings is 1. The summed E-state index contributed by atoms with van der Waals surface area (Å²) in [7, 11) is 0. The molecule has 3 nitrogen and oxygen atoms in total. The van der Waals surface area contributed by atoms with Crippen LogP contribution in [0.5, 0.6) is 0 Å². The van der Waals surface area contributed by atoms with Gasteiger partial charge in [-0.1, -0.05) is 6.07 Å². The van der Waals surface area contributed by atoms with Crippen molar-refractivity contribution in [2.24, 2.45) is 0 Å². The zero-order valence-electron chi connectivity index (χ0n) is 14.0. The highest BCUT2D eigenvalue weighted by Crippen LogP contribution is 2.29. The van der Waals surface area contributed by atoms with Gasteiger partial charge in [0, 0.05) is 30.1 Å². The van der Waals surface area contributed by atoms with Gasteiger partial charge in [0.1, 0.15) is 0 Å². The fourth-order valence-corrected chi connectivity index (χ4v) is 5.25. The summed E-state index contributed by atoms with van der Waals surface area (Å²) >= 11 is 1.71. The molecule has 0 saturated carbocycles. The van der Waals surface area contributed by atoms with Gasteiger partial charge in [-0.25, -0.2) is 0 Å². The van der Waals surface area contributed by atoms with Gasteiger partial charge in [-0.05, 0) is 68.8 Å². The second kappa shape index (κ2) is 6.48. The largest absolute Gasteiger partial charge is 0.336 e. The lowest BCUT2D eigenvalue weighted by Crippen LogP contribution is -2.57. The Morgan fingerprint density at radius 3 is 3.00 bits per heavy atom. The Bertz CT molecular complexity index is 603. The van der Waals surface area contributed by atoms with Crippen LogP contribution in [0.1, 0.15) is 37.3 Å².